The average molecular weight is 249 g/mol. The number of fused-ring (bicyclic) bond motifs is 1. The minimum atomic E-state index is -1.53. The molecular formula is C12H11NO5. The van der Waals surface area contributed by atoms with Crippen LogP contribution in [0.2, 0.25) is 0 Å². The number of rotatable bonds is 3. The number of carbonyl (C=O) groups is 3. The first-order chi connectivity index (χ1) is 8.54. The van der Waals surface area contributed by atoms with Gasteiger partial charge in [-0.25, -0.2) is 4.79 Å². The number of likely N-dealkylation sites (N-methyl/N-ethyl adjacent to an activating group) is 1. The number of nitrogens with zero attached hydrogens (tertiary/aromatic N) is 1. The van der Waals surface area contributed by atoms with Crippen LogP contribution in [0.1, 0.15) is 17.3 Å². The minimum Gasteiger partial charge on any atom is -0.482 e. The number of anilines is 1. The van der Waals surface area contributed by atoms with Crippen molar-refractivity contribution in [1.29, 1.82) is 0 Å². The van der Waals surface area contributed by atoms with Crippen LogP contribution < -0.4 is 9.64 Å². The molecule has 0 saturated carbocycles. The normalized spacial score (nSPS) is 13.8. The van der Waals surface area contributed by atoms with Gasteiger partial charge in [0.15, 0.2) is 6.61 Å². The lowest BCUT2D eigenvalue weighted by Crippen LogP contribution is -2.38. The highest BCUT2D eigenvalue weighted by atomic mass is 16.5. The summed E-state index contributed by atoms with van der Waals surface area (Å²) in [6, 6.07) is 4.24. The Bertz CT molecular complexity index is 537. The van der Waals surface area contributed by atoms with Crippen molar-refractivity contribution in [3.8, 4) is 5.75 Å². The van der Waals surface area contributed by atoms with Crippen molar-refractivity contribution >= 4 is 23.3 Å². The van der Waals surface area contributed by atoms with Crippen molar-refractivity contribution < 1.29 is 24.2 Å². The van der Waals surface area contributed by atoms with E-state index in [2.05, 4.69) is 0 Å². The molecule has 0 fully saturated rings. The second-order valence-electron chi connectivity index (χ2n) is 3.74. The first kappa shape index (κ1) is 12.1. The van der Waals surface area contributed by atoms with Crippen LogP contribution in [0.5, 0.6) is 5.75 Å². The van der Waals surface area contributed by atoms with E-state index in [-0.39, 0.29) is 18.1 Å². The average Bonchev–Trinajstić information content (AvgIpc) is 2.37. The second kappa shape index (κ2) is 4.48. The van der Waals surface area contributed by atoms with E-state index in [4.69, 9.17) is 9.84 Å². The SMILES string of the molecule is CCN1C(=O)COc2ccc(C(=O)C(=O)O)cc21. The van der Waals surface area contributed by atoms with Crippen molar-refractivity contribution in [2.75, 3.05) is 18.1 Å². The number of carbonyl (C=O) groups excluding carboxylic acids is 2. The molecule has 1 aromatic rings. The Labute approximate surface area is 103 Å². The fraction of sp³-hybridized carbons (Fsp3) is 0.250. The summed E-state index contributed by atoms with van der Waals surface area (Å²) in [4.78, 5) is 35.0. The summed E-state index contributed by atoms with van der Waals surface area (Å²) < 4.78 is 5.21. The summed E-state index contributed by atoms with van der Waals surface area (Å²) in [5, 5.41) is 8.65. The number of carboxylic acid groups (broad SMARTS) is 1. The van der Waals surface area contributed by atoms with Gasteiger partial charge in [0.05, 0.1) is 5.69 Å². The number of hydrogen-bond donors (Lipinski definition) is 1. The van der Waals surface area contributed by atoms with Gasteiger partial charge in [0.2, 0.25) is 0 Å². The highest BCUT2D eigenvalue weighted by Crippen LogP contribution is 2.32. The highest BCUT2D eigenvalue weighted by Gasteiger charge is 2.26. The van der Waals surface area contributed by atoms with Gasteiger partial charge < -0.3 is 14.7 Å². The number of Topliss-reactive ketones (excluding diaryl/α,β-unsaturated/α-hetero) is 1. The monoisotopic (exact) mass is 249 g/mol. The van der Waals surface area contributed by atoms with Crippen LogP contribution in [0.15, 0.2) is 18.2 Å². The van der Waals surface area contributed by atoms with Gasteiger partial charge in [-0.2, -0.15) is 0 Å². The molecule has 0 aliphatic carbocycles. The highest BCUT2D eigenvalue weighted by molar-refractivity contribution is 6.40. The van der Waals surface area contributed by atoms with Crippen molar-refractivity contribution in [2.45, 2.75) is 6.92 Å². The van der Waals surface area contributed by atoms with Crippen LogP contribution >= 0.6 is 0 Å². The number of ether oxygens (including phenoxy) is 1. The molecule has 0 unspecified atom stereocenters. The largest absolute Gasteiger partial charge is 0.482 e. The molecule has 0 atom stereocenters. The second-order valence-corrected chi connectivity index (χ2v) is 3.74. The maximum Gasteiger partial charge on any atom is 0.377 e. The van der Waals surface area contributed by atoms with Crippen molar-refractivity contribution in [1.82, 2.24) is 0 Å². The van der Waals surface area contributed by atoms with Crippen molar-refractivity contribution in [3.05, 3.63) is 23.8 Å². The molecule has 1 aliphatic rings. The fourth-order valence-electron chi connectivity index (χ4n) is 1.81. The molecule has 1 amide bonds. The maximum absolute atomic E-state index is 11.6. The molecule has 1 aromatic carbocycles. The fourth-order valence-corrected chi connectivity index (χ4v) is 1.81. The summed E-state index contributed by atoms with van der Waals surface area (Å²) in [5.74, 6) is -2.28. The van der Waals surface area contributed by atoms with E-state index < -0.39 is 11.8 Å². The molecule has 0 saturated heterocycles. The van der Waals surface area contributed by atoms with Crippen LogP contribution in [0.3, 0.4) is 0 Å². The summed E-state index contributed by atoms with van der Waals surface area (Å²) in [5.41, 5.74) is 0.457. The van der Waals surface area contributed by atoms with E-state index >= 15 is 0 Å². The van der Waals surface area contributed by atoms with Crippen LogP contribution in [0.25, 0.3) is 0 Å². The molecule has 0 spiro atoms. The van der Waals surface area contributed by atoms with Gasteiger partial charge >= 0.3 is 5.97 Å². The molecule has 1 heterocycles. The molecule has 18 heavy (non-hydrogen) atoms. The zero-order chi connectivity index (χ0) is 13.3. The molecule has 0 radical (unpaired) electrons. The third-order valence-electron chi connectivity index (χ3n) is 2.67. The Hall–Kier alpha value is -2.37. The van der Waals surface area contributed by atoms with Gasteiger partial charge in [0, 0.05) is 12.1 Å². The molecular weight excluding hydrogens is 238 g/mol. The predicted octanol–water partition coefficient (Wildman–Crippen LogP) is 0.699. The maximum atomic E-state index is 11.6. The molecule has 6 heteroatoms. The lowest BCUT2D eigenvalue weighted by Gasteiger charge is -2.28. The number of amides is 1. The Morgan fingerprint density at radius 3 is 2.78 bits per heavy atom. The quantitative estimate of drug-likeness (QED) is 0.629. The van der Waals surface area contributed by atoms with Crippen molar-refractivity contribution in [3.63, 3.8) is 0 Å². The van der Waals surface area contributed by atoms with Crippen LogP contribution in [0, 0.1) is 0 Å². The number of hydrogen-bond acceptors (Lipinski definition) is 4. The first-order valence-corrected chi connectivity index (χ1v) is 5.39. The molecule has 6 nitrogen and oxygen atoms in total. The van der Waals surface area contributed by atoms with Gasteiger partial charge in [0.25, 0.3) is 11.7 Å². The van der Waals surface area contributed by atoms with E-state index in [1.165, 1.54) is 23.1 Å². The lowest BCUT2D eigenvalue weighted by atomic mass is 10.1. The number of carboxylic acids is 1. The molecule has 1 aliphatic heterocycles. The number of benzene rings is 1. The van der Waals surface area contributed by atoms with E-state index in [1.807, 2.05) is 0 Å². The molecule has 1 N–H and O–H groups in total. The summed E-state index contributed by atoms with van der Waals surface area (Å²) in [6.45, 7) is 2.17. The van der Waals surface area contributed by atoms with E-state index in [0.29, 0.717) is 18.0 Å². The first-order valence-electron chi connectivity index (χ1n) is 5.39. The molecule has 2 rings (SSSR count). The Morgan fingerprint density at radius 1 is 1.44 bits per heavy atom. The number of ketones is 1. The summed E-state index contributed by atoms with van der Waals surface area (Å²) in [6.07, 6.45) is 0. The molecule has 0 aromatic heterocycles. The summed E-state index contributed by atoms with van der Waals surface area (Å²) in [7, 11) is 0. The van der Waals surface area contributed by atoms with E-state index in [9.17, 15) is 14.4 Å². The molecule has 0 bridgehead atoms. The van der Waals surface area contributed by atoms with Crippen molar-refractivity contribution in [2.24, 2.45) is 0 Å². The zero-order valence-corrected chi connectivity index (χ0v) is 9.67. The van der Waals surface area contributed by atoms with Gasteiger partial charge in [0.1, 0.15) is 5.75 Å². The Kier molecular flexibility index (Phi) is 3.01. The van der Waals surface area contributed by atoms with Crippen LogP contribution in [-0.2, 0) is 9.59 Å². The third-order valence-corrected chi connectivity index (χ3v) is 2.67. The topological polar surface area (TPSA) is 83.9 Å². The summed E-state index contributed by atoms with van der Waals surface area (Å²) >= 11 is 0. The van der Waals surface area contributed by atoms with E-state index in [1.54, 1.807) is 6.92 Å². The van der Waals surface area contributed by atoms with E-state index in [0.717, 1.165) is 0 Å². The predicted molar refractivity (Wildman–Crippen MR) is 61.9 cm³/mol. The van der Waals surface area contributed by atoms with Crippen LogP contribution in [-0.4, -0.2) is 35.9 Å². The van der Waals surface area contributed by atoms with Crippen LogP contribution in [0.4, 0.5) is 5.69 Å². The lowest BCUT2D eigenvalue weighted by molar-refractivity contribution is -0.131. The van der Waals surface area contributed by atoms with Gasteiger partial charge in [-0.15, -0.1) is 0 Å². The third kappa shape index (κ3) is 1.92. The standard InChI is InChI=1S/C12H11NO5/c1-2-13-8-5-7(11(15)12(16)17)3-4-9(8)18-6-10(13)14/h3-5H,2,6H2,1H3,(H,16,17). The Balaban J connectivity index is 2.47. The van der Waals surface area contributed by atoms with Gasteiger partial charge in [-0.1, -0.05) is 0 Å². The minimum absolute atomic E-state index is 0.0259. The number of aliphatic carboxylic acids is 1. The smallest absolute Gasteiger partial charge is 0.377 e. The zero-order valence-electron chi connectivity index (χ0n) is 9.67. The van der Waals surface area contributed by atoms with Gasteiger partial charge in [-0.3, -0.25) is 9.59 Å². The Morgan fingerprint density at radius 2 is 2.17 bits per heavy atom. The molecule has 94 valence electrons. The van der Waals surface area contributed by atoms with Gasteiger partial charge in [-0.05, 0) is 25.1 Å².